The zero-order chi connectivity index (χ0) is 17.5. The van der Waals surface area contributed by atoms with E-state index in [1.807, 2.05) is 0 Å². The number of carbonyl (C=O) groups is 2. The van der Waals surface area contributed by atoms with E-state index in [4.69, 9.17) is 4.74 Å². The number of hydrogen-bond donors (Lipinski definition) is 2. The topological polar surface area (TPSA) is 67.4 Å². The number of halogens is 1. The molecular weight excluding hydrogens is 311 g/mol. The molecule has 2 aromatic carbocycles. The molecule has 0 aliphatic heterocycles. The van der Waals surface area contributed by atoms with Crippen molar-refractivity contribution >= 4 is 17.5 Å². The maximum absolute atomic E-state index is 12.9. The molecular formula is C18H19FN2O3. The Hall–Kier alpha value is -2.89. The molecule has 0 saturated heterocycles. The Morgan fingerprint density at radius 2 is 1.79 bits per heavy atom. The number of benzene rings is 2. The summed E-state index contributed by atoms with van der Waals surface area (Å²) in [6.45, 7) is 3.01. The van der Waals surface area contributed by atoms with Crippen LogP contribution in [0, 0.1) is 5.82 Å². The van der Waals surface area contributed by atoms with Gasteiger partial charge >= 0.3 is 0 Å². The number of rotatable bonds is 6. The average molecular weight is 330 g/mol. The fraction of sp³-hybridized carbons (Fsp3) is 0.222. The van der Waals surface area contributed by atoms with Crippen LogP contribution in [0.1, 0.15) is 25.5 Å². The molecule has 5 nitrogen and oxygen atoms in total. The molecule has 126 valence electrons. The summed E-state index contributed by atoms with van der Waals surface area (Å²) in [7, 11) is 0. The second-order valence-corrected chi connectivity index (χ2v) is 5.31. The molecule has 2 aromatic rings. The molecule has 2 amide bonds. The Bertz CT molecular complexity index is 716. The summed E-state index contributed by atoms with van der Waals surface area (Å²) >= 11 is 0. The van der Waals surface area contributed by atoms with Gasteiger partial charge in [0.2, 0.25) is 5.91 Å². The maximum Gasteiger partial charge on any atom is 0.258 e. The lowest BCUT2D eigenvalue weighted by molar-refractivity contribution is -0.123. The lowest BCUT2D eigenvalue weighted by Crippen LogP contribution is -2.31. The number of nitrogens with one attached hydrogen (secondary N) is 2. The zero-order valence-corrected chi connectivity index (χ0v) is 13.5. The highest BCUT2D eigenvalue weighted by atomic mass is 19.1. The van der Waals surface area contributed by atoms with Crippen LogP contribution >= 0.6 is 0 Å². The van der Waals surface area contributed by atoms with Gasteiger partial charge in [-0.05, 0) is 36.8 Å². The molecule has 0 fully saturated rings. The number of para-hydroxylation sites is 2. The van der Waals surface area contributed by atoms with Crippen molar-refractivity contribution in [1.82, 2.24) is 5.32 Å². The van der Waals surface area contributed by atoms with E-state index in [-0.39, 0.29) is 30.3 Å². The van der Waals surface area contributed by atoms with Crippen molar-refractivity contribution in [1.29, 1.82) is 0 Å². The highest BCUT2D eigenvalue weighted by molar-refractivity contribution is 5.90. The lowest BCUT2D eigenvalue weighted by Gasteiger charge is -2.15. The summed E-state index contributed by atoms with van der Waals surface area (Å²) < 4.78 is 18.4. The van der Waals surface area contributed by atoms with E-state index in [1.165, 1.54) is 19.1 Å². The van der Waals surface area contributed by atoms with Gasteiger partial charge in [0, 0.05) is 6.92 Å². The smallest absolute Gasteiger partial charge is 0.258 e. The Morgan fingerprint density at radius 3 is 2.46 bits per heavy atom. The van der Waals surface area contributed by atoms with Gasteiger partial charge in [0.15, 0.2) is 6.61 Å². The molecule has 0 spiro atoms. The highest BCUT2D eigenvalue weighted by Crippen LogP contribution is 2.23. The Balaban J connectivity index is 1.91. The molecule has 0 saturated carbocycles. The predicted molar refractivity (Wildman–Crippen MR) is 89.2 cm³/mol. The van der Waals surface area contributed by atoms with Crippen LogP contribution in [0.4, 0.5) is 10.1 Å². The Labute approximate surface area is 139 Å². The van der Waals surface area contributed by atoms with Crippen LogP contribution < -0.4 is 15.4 Å². The second-order valence-electron chi connectivity index (χ2n) is 5.31. The first kappa shape index (κ1) is 17.5. The van der Waals surface area contributed by atoms with Crippen molar-refractivity contribution in [3.8, 4) is 5.75 Å². The third kappa shape index (κ3) is 5.08. The van der Waals surface area contributed by atoms with E-state index in [2.05, 4.69) is 10.6 Å². The van der Waals surface area contributed by atoms with E-state index >= 15 is 0 Å². The van der Waals surface area contributed by atoms with Gasteiger partial charge in [-0.15, -0.1) is 0 Å². The molecule has 6 heteroatoms. The molecule has 0 aliphatic rings. The largest absolute Gasteiger partial charge is 0.482 e. The predicted octanol–water partition coefficient (Wildman–Crippen LogP) is 3.04. The van der Waals surface area contributed by atoms with Gasteiger partial charge in [-0.25, -0.2) is 4.39 Å². The third-order valence-electron chi connectivity index (χ3n) is 3.30. The van der Waals surface area contributed by atoms with Gasteiger partial charge in [-0.1, -0.05) is 24.3 Å². The molecule has 0 unspecified atom stereocenters. The molecule has 0 heterocycles. The van der Waals surface area contributed by atoms with Crippen LogP contribution in [0.15, 0.2) is 48.5 Å². The quantitative estimate of drug-likeness (QED) is 0.855. The first-order chi connectivity index (χ1) is 11.5. The van der Waals surface area contributed by atoms with Gasteiger partial charge in [0.1, 0.15) is 11.6 Å². The molecule has 0 radical (unpaired) electrons. The first-order valence-corrected chi connectivity index (χ1v) is 7.50. The number of ether oxygens (including phenoxy) is 1. The van der Waals surface area contributed by atoms with Crippen LogP contribution in [0.25, 0.3) is 0 Å². The zero-order valence-electron chi connectivity index (χ0n) is 13.5. The van der Waals surface area contributed by atoms with E-state index in [9.17, 15) is 14.0 Å². The van der Waals surface area contributed by atoms with Crippen molar-refractivity contribution in [2.24, 2.45) is 0 Å². The first-order valence-electron chi connectivity index (χ1n) is 7.50. The van der Waals surface area contributed by atoms with E-state index in [1.54, 1.807) is 43.3 Å². The number of amides is 2. The molecule has 24 heavy (non-hydrogen) atoms. The fourth-order valence-corrected chi connectivity index (χ4v) is 2.15. The second kappa shape index (κ2) is 8.10. The normalized spacial score (nSPS) is 11.5. The van der Waals surface area contributed by atoms with Crippen molar-refractivity contribution in [2.75, 3.05) is 11.9 Å². The number of carbonyl (C=O) groups excluding carboxylic acids is 2. The molecule has 0 bridgehead atoms. The Morgan fingerprint density at radius 1 is 1.12 bits per heavy atom. The summed E-state index contributed by atoms with van der Waals surface area (Å²) in [5, 5.41) is 5.41. The molecule has 2 N–H and O–H groups in total. The maximum atomic E-state index is 12.9. The van der Waals surface area contributed by atoms with Crippen molar-refractivity contribution in [2.45, 2.75) is 19.9 Å². The van der Waals surface area contributed by atoms with Gasteiger partial charge in [-0.3, -0.25) is 9.59 Å². The van der Waals surface area contributed by atoms with Gasteiger partial charge in [0.05, 0.1) is 11.7 Å². The molecule has 0 aliphatic carbocycles. The minimum atomic E-state index is -0.324. The minimum absolute atomic E-state index is 0.192. The van der Waals surface area contributed by atoms with Crippen molar-refractivity contribution in [3.05, 3.63) is 59.9 Å². The summed E-state index contributed by atoms with van der Waals surface area (Å²) in [4.78, 5) is 23.2. The highest BCUT2D eigenvalue weighted by Gasteiger charge is 2.11. The van der Waals surface area contributed by atoms with Gasteiger partial charge in [0.25, 0.3) is 5.91 Å². The van der Waals surface area contributed by atoms with Crippen LogP contribution in [-0.4, -0.2) is 18.4 Å². The fourth-order valence-electron chi connectivity index (χ4n) is 2.15. The van der Waals surface area contributed by atoms with E-state index in [0.29, 0.717) is 11.4 Å². The minimum Gasteiger partial charge on any atom is -0.482 e. The summed E-state index contributed by atoms with van der Waals surface area (Å²) in [5.41, 5.74) is 1.30. The van der Waals surface area contributed by atoms with Gasteiger partial charge in [-0.2, -0.15) is 0 Å². The molecule has 0 aromatic heterocycles. The molecule has 1 atom stereocenters. The van der Waals surface area contributed by atoms with Crippen LogP contribution in [0.3, 0.4) is 0 Å². The number of anilines is 1. The monoisotopic (exact) mass is 330 g/mol. The van der Waals surface area contributed by atoms with E-state index < -0.39 is 0 Å². The molecule has 2 rings (SSSR count). The average Bonchev–Trinajstić information content (AvgIpc) is 2.54. The van der Waals surface area contributed by atoms with Gasteiger partial charge < -0.3 is 15.4 Å². The van der Waals surface area contributed by atoms with Crippen LogP contribution in [-0.2, 0) is 9.59 Å². The summed E-state index contributed by atoms with van der Waals surface area (Å²) in [5.74, 6) is -0.447. The van der Waals surface area contributed by atoms with Crippen molar-refractivity contribution < 1.29 is 18.7 Å². The van der Waals surface area contributed by atoms with Crippen LogP contribution in [0.5, 0.6) is 5.75 Å². The van der Waals surface area contributed by atoms with E-state index in [0.717, 1.165) is 5.56 Å². The summed E-state index contributed by atoms with van der Waals surface area (Å²) in [6, 6.07) is 12.5. The summed E-state index contributed by atoms with van der Waals surface area (Å²) in [6.07, 6.45) is 0. The van der Waals surface area contributed by atoms with Crippen LogP contribution in [0.2, 0.25) is 0 Å². The third-order valence-corrected chi connectivity index (χ3v) is 3.30. The lowest BCUT2D eigenvalue weighted by atomic mass is 10.1. The van der Waals surface area contributed by atoms with Crippen molar-refractivity contribution in [3.63, 3.8) is 0 Å². The number of hydrogen-bond acceptors (Lipinski definition) is 3. The SMILES string of the molecule is CC(=O)Nc1ccccc1OCC(=O)N[C@@H](C)c1ccc(F)cc1. The standard InChI is InChI=1S/C18H19FN2O3/c1-12(14-7-9-15(19)10-8-14)20-18(23)11-24-17-6-4-3-5-16(17)21-13(2)22/h3-10,12H,11H2,1-2H3,(H,20,23)(H,21,22)/t12-/m0/s1. The Kier molecular flexibility index (Phi) is 5.89.